The van der Waals surface area contributed by atoms with Gasteiger partial charge in [-0.05, 0) is 36.4 Å². The van der Waals surface area contributed by atoms with Crippen molar-refractivity contribution in [1.29, 1.82) is 10.7 Å². The molecule has 2 aromatic heterocycles. The summed E-state index contributed by atoms with van der Waals surface area (Å²) in [6, 6.07) is 18.7. The molecule has 5 rings (SSSR count). The number of fused-ring (bicyclic) bond motifs is 1. The largest absolute Gasteiger partial charge is 0.479 e. The Bertz CT molecular complexity index is 1430. The molecular formula is C26H22N6O3. The van der Waals surface area contributed by atoms with Crippen molar-refractivity contribution in [1.82, 2.24) is 19.5 Å². The molecule has 0 atom stereocenters. The van der Waals surface area contributed by atoms with Gasteiger partial charge in [-0.3, -0.25) is 10.2 Å². The average Bonchev–Trinajstić information content (AvgIpc) is 3.35. The summed E-state index contributed by atoms with van der Waals surface area (Å²) in [4.78, 5) is 19.3. The zero-order valence-electron chi connectivity index (χ0n) is 18.8. The number of rotatable bonds is 6. The van der Waals surface area contributed by atoms with Crippen LogP contribution in [0.5, 0.6) is 0 Å². The second-order valence-electron chi connectivity index (χ2n) is 8.03. The number of hydrogen-bond donors (Lipinski definition) is 1. The number of imidazole rings is 1. The van der Waals surface area contributed by atoms with E-state index in [1.54, 1.807) is 33.8 Å². The average molecular weight is 467 g/mol. The lowest BCUT2D eigenvalue weighted by Gasteiger charge is -2.27. The number of carbonyl (C=O) groups is 1. The Balaban J connectivity index is 1.52. The maximum Gasteiger partial charge on any atom is 0.254 e. The lowest BCUT2D eigenvalue weighted by molar-refractivity contribution is 0.0301. The number of aromatic nitrogens is 3. The van der Waals surface area contributed by atoms with Crippen LogP contribution in [0.2, 0.25) is 0 Å². The minimum atomic E-state index is -0.0791. The van der Waals surface area contributed by atoms with E-state index >= 15 is 0 Å². The van der Waals surface area contributed by atoms with Crippen molar-refractivity contribution < 1.29 is 14.3 Å². The molecule has 1 amide bonds. The van der Waals surface area contributed by atoms with Crippen LogP contribution in [-0.2, 0) is 16.1 Å². The van der Waals surface area contributed by atoms with Crippen molar-refractivity contribution >= 4 is 18.0 Å². The van der Waals surface area contributed by atoms with Crippen molar-refractivity contribution in [2.24, 2.45) is 0 Å². The Labute approximate surface area is 201 Å². The van der Waals surface area contributed by atoms with Gasteiger partial charge in [0.1, 0.15) is 6.61 Å². The van der Waals surface area contributed by atoms with E-state index in [0.717, 1.165) is 23.2 Å². The number of nitriles is 1. The van der Waals surface area contributed by atoms with Crippen molar-refractivity contribution in [3.63, 3.8) is 0 Å². The summed E-state index contributed by atoms with van der Waals surface area (Å²) >= 11 is 0. The molecule has 0 radical (unpaired) electrons. The second kappa shape index (κ2) is 9.75. The molecule has 0 aliphatic carbocycles. The standard InChI is InChI=1S/C26H22N6O3/c27-14-18-1-3-19(4-2-18)24-15-29-25-8-7-23(30-32(24)25)20-5-6-22(21(13-20)16-35-17-28)26(33)31-9-11-34-12-10-31/h1-8,13,15,17,28H,9-12,16H2. The van der Waals surface area contributed by atoms with Gasteiger partial charge < -0.3 is 14.4 Å². The fraction of sp³-hybridized carbons (Fsp3) is 0.192. The van der Waals surface area contributed by atoms with Gasteiger partial charge in [0.15, 0.2) is 12.0 Å². The molecule has 0 spiro atoms. The van der Waals surface area contributed by atoms with Gasteiger partial charge in [0.05, 0.1) is 42.4 Å². The number of benzene rings is 2. The van der Waals surface area contributed by atoms with Crippen molar-refractivity contribution in [3.05, 3.63) is 77.5 Å². The molecule has 1 saturated heterocycles. The minimum Gasteiger partial charge on any atom is -0.479 e. The number of amides is 1. The van der Waals surface area contributed by atoms with Crippen LogP contribution < -0.4 is 0 Å². The normalized spacial score (nSPS) is 13.4. The van der Waals surface area contributed by atoms with Crippen LogP contribution in [0, 0.1) is 16.7 Å². The molecule has 1 aliphatic heterocycles. The Morgan fingerprint density at radius 3 is 2.63 bits per heavy atom. The lowest BCUT2D eigenvalue weighted by Crippen LogP contribution is -2.41. The monoisotopic (exact) mass is 466 g/mol. The van der Waals surface area contributed by atoms with Gasteiger partial charge in [-0.15, -0.1) is 0 Å². The van der Waals surface area contributed by atoms with E-state index in [9.17, 15) is 4.79 Å². The Hall–Kier alpha value is -4.55. The number of ether oxygens (including phenoxy) is 2. The van der Waals surface area contributed by atoms with Gasteiger partial charge >= 0.3 is 0 Å². The maximum atomic E-state index is 13.1. The lowest BCUT2D eigenvalue weighted by atomic mass is 10.0. The van der Waals surface area contributed by atoms with Crippen molar-refractivity contribution in [2.45, 2.75) is 6.61 Å². The Kier molecular flexibility index (Phi) is 6.20. The predicted octanol–water partition coefficient (Wildman–Crippen LogP) is 3.53. The quantitative estimate of drug-likeness (QED) is 0.343. The van der Waals surface area contributed by atoms with Gasteiger partial charge in [-0.25, -0.2) is 9.50 Å². The molecule has 9 heteroatoms. The third-order valence-electron chi connectivity index (χ3n) is 5.92. The molecule has 9 nitrogen and oxygen atoms in total. The first-order valence-corrected chi connectivity index (χ1v) is 11.1. The first-order valence-electron chi connectivity index (χ1n) is 11.1. The number of nitrogens with zero attached hydrogens (tertiary/aromatic N) is 5. The van der Waals surface area contributed by atoms with Crippen LogP contribution in [0.1, 0.15) is 21.5 Å². The molecule has 0 saturated carbocycles. The maximum absolute atomic E-state index is 13.1. The topological polar surface area (TPSA) is 117 Å². The zero-order chi connectivity index (χ0) is 24.2. The molecule has 2 aromatic carbocycles. The summed E-state index contributed by atoms with van der Waals surface area (Å²) in [5.74, 6) is -0.0791. The highest BCUT2D eigenvalue weighted by atomic mass is 16.5. The van der Waals surface area contributed by atoms with Crippen molar-refractivity contribution in [2.75, 3.05) is 26.3 Å². The van der Waals surface area contributed by atoms with Gasteiger partial charge in [0, 0.05) is 35.3 Å². The summed E-state index contributed by atoms with van der Waals surface area (Å²) in [5, 5.41) is 21.1. The number of morpholine rings is 1. The Morgan fingerprint density at radius 1 is 1.11 bits per heavy atom. The van der Waals surface area contributed by atoms with E-state index in [0.29, 0.717) is 54.3 Å². The summed E-state index contributed by atoms with van der Waals surface area (Å²) < 4.78 is 12.4. The Morgan fingerprint density at radius 2 is 1.89 bits per heavy atom. The summed E-state index contributed by atoms with van der Waals surface area (Å²) in [6.07, 6.45) is 2.62. The smallest absolute Gasteiger partial charge is 0.254 e. The molecule has 1 N–H and O–H groups in total. The van der Waals surface area contributed by atoms with Crippen LogP contribution in [0.3, 0.4) is 0 Å². The van der Waals surface area contributed by atoms with E-state index in [2.05, 4.69) is 11.1 Å². The first kappa shape index (κ1) is 22.3. The summed E-state index contributed by atoms with van der Waals surface area (Å²) in [5.41, 5.74) is 5.72. The highest BCUT2D eigenvalue weighted by molar-refractivity contribution is 5.96. The van der Waals surface area contributed by atoms with Crippen LogP contribution in [0.15, 0.2) is 60.8 Å². The van der Waals surface area contributed by atoms with E-state index in [-0.39, 0.29) is 12.5 Å². The molecule has 3 heterocycles. The fourth-order valence-electron chi connectivity index (χ4n) is 4.09. The van der Waals surface area contributed by atoms with Crippen molar-refractivity contribution in [3.8, 4) is 28.6 Å². The highest BCUT2D eigenvalue weighted by Crippen LogP contribution is 2.26. The summed E-state index contributed by atoms with van der Waals surface area (Å²) in [6.45, 7) is 2.23. The van der Waals surface area contributed by atoms with Crippen LogP contribution in [0.25, 0.3) is 28.2 Å². The molecular weight excluding hydrogens is 444 g/mol. The third kappa shape index (κ3) is 4.47. The highest BCUT2D eigenvalue weighted by Gasteiger charge is 2.22. The van der Waals surface area contributed by atoms with Crippen LogP contribution in [0.4, 0.5) is 0 Å². The molecule has 174 valence electrons. The summed E-state index contributed by atoms with van der Waals surface area (Å²) in [7, 11) is 0. The molecule has 1 fully saturated rings. The molecule has 0 unspecified atom stereocenters. The zero-order valence-corrected chi connectivity index (χ0v) is 18.8. The van der Waals surface area contributed by atoms with E-state index < -0.39 is 0 Å². The molecule has 0 bridgehead atoms. The number of nitrogens with one attached hydrogen (secondary N) is 1. The van der Waals surface area contributed by atoms with Gasteiger partial charge in [0.2, 0.25) is 0 Å². The fourth-order valence-corrected chi connectivity index (χ4v) is 4.09. The SMILES string of the molecule is N#Cc1ccc(-c2cnc3ccc(-c4ccc(C(=O)N5CCOCC5)c(COC=N)c4)nn23)cc1. The molecule has 1 aliphatic rings. The third-order valence-corrected chi connectivity index (χ3v) is 5.92. The van der Waals surface area contributed by atoms with E-state index in [1.807, 2.05) is 36.4 Å². The minimum absolute atomic E-state index is 0.0791. The van der Waals surface area contributed by atoms with Crippen LogP contribution >= 0.6 is 0 Å². The van der Waals surface area contributed by atoms with Gasteiger partial charge in [-0.2, -0.15) is 10.4 Å². The predicted molar refractivity (Wildman–Crippen MR) is 129 cm³/mol. The second-order valence-corrected chi connectivity index (χ2v) is 8.03. The molecule has 4 aromatic rings. The van der Waals surface area contributed by atoms with Gasteiger partial charge in [0.25, 0.3) is 5.91 Å². The molecule has 35 heavy (non-hydrogen) atoms. The van der Waals surface area contributed by atoms with E-state index in [1.165, 1.54) is 0 Å². The number of hydrogen-bond acceptors (Lipinski definition) is 7. The van der Waals surface area contributed by atoms with Crippen LogP contribution in [-0.4, -0.2) is 58.1 Å². The van der Waals surface area contributed by atoms with Gasteiger partial charge in [-0.1, -0.05) is 18.2 Å². The van der Waals surface area contributed by atoms with E-state index in [4.69, 9.17) is 25.2 Å². The number of carbonyl (C=O) groups excluding carboxylic acids is 1. The first-order chi connectivity index (χ1) is 17.2.